The van der Waals surface area contributed by atoms with E-state index < -0.39 is 39.4 Å². The summed E-state index contributed by atoms with van der Waals surface area (Å²) in [7, 11) is -2.24. The summed E-state index contributed by atoms with van der Waals surface area (Å²) < 4.78 is 33.8. The van der Waals surface area contributed by atoms with E-state index in [2.05, 4.69) is 27.4 Å². The van der Waals surface area contributed by atoms with Crippen molar-refractivity contribution < 1.29 is 17.9 Å². The first-order chi connectivity index (χ1) is 11.7. The molecule has 4 nitrogen and oxygen atoms in total. The van der Waals surface area contributed by atoms with Crippen LogP contribution in [0.2, 0.25) is 13.3 Å². The standard InChI is InChI=1S/C7H11O4S.3C4H9.Sn/c1-4-5-6(7(8)11-2)12(3,9)10;3*1-3-4-2;/h6H,1,5H2,2-3H3;3*1,3-4H2,2H3;. The third kappa shape index (κ3) is 8.46. The van der Waals surface area contributed by atoms with Crippen LogP contribution < -0.4 is 0 Å². The van der Waals surface area contributed by atoms with Gasteiger partial charge in [0.15, 0.2) is 0 Å². The van der Waals surface area contributed by atoms with Crippen LogP contribution in [0.15, 0.2) is 10.2 Å². The molecule has 25 heavy (non-hydrogen) atoms. The number of unbranched alkanes of at least 4 members (excludes halogenated alkanes) is 3. The number of carbonyl (C=O) groups is 1. The van der Waals surface area contributed by atoms with Crippen LogP contribution in [0.5, 0.6) is 0 Å². The summed E-state index contributed by atoms with van der Waals surface area (Å²) in [5.74, 6) is -0.648. The van der Waals surface area contributed by atoms with Gasteiger partial charge in [-0.1, -0.05) is 0 Å². The van der Waals surface area contributed by atoms with Crippen LogP contribution in [-0.2, 0) is 19.4 Å². The van der Waals surface area contributed by atoms with Crippen molar-refractivity contribution in [3.63, 3.8) is 0 Å². The number of allylic oxidation sites excluding steroid dienone is 1. The number of sulfone groups is 1. The van der Waals surface area contributed by atoms with Crippen LogP contribution in [0.25, 0.3) is 0 Å². The van der Waals surface area contributed by atoms with Gasteiger partial charge in [0.1, 0.15) is 0 Å². The van der Waals surface area contributed by atoms with Crippen LogP contribution >= 0.6 is 0 Å². The average molecular weight is 481 g/mol. The van der Waals surface area contributed by atoms with Gasteiger partial charge < -0.3 is 0 Å². The third-order valence-corrected chi connectivity index (χ3v) is 22.7. The Morgan fingerprint density at radius 1 is 1.00 bits per heavy atom. The van der Waals surface area contributed by atoms with Crippen molar-refractivity contribution in [3.05, 3.63) is 10.2 Å². The van der Waals surface area contributed by atoms with Gasteiger partial charge in [-0.2, -0.15) is 0 Å². The van der Waals surface area contributed by atoms with Crippen molar-refractivity contribution >= 4 is 34.2 Å². The Bertz CT molecular complexity index is 492. The van der Waals surface area contributed by atoms with E-state index >= 15 is 0 Å². The molecule has 6 heteroatoms. The molecule has 0 aromatic rings. The topological polar surface area (TPSA) is 60.4 Å². The van der Waals surface area contributed by atoms with Crippen LogP contribution in [0, 0.1) is 0 Å². The fourth-order valence-corrected chi connectivity index (χ4v) is 20.6. The number of hydrogen-bond donors (Lipinski definition) is 0. The Kier molecular flexibility index (Phi) is 12.3. The molecule has 1 unspecified atom stereocenters. The number of ether oxygens (including phenoxy) is 1. The molecule has 0 aliphatic heterocycles. The van der Waals surface area contributed by atoms with Crippen LogP contribution in [0.3, 0.4) is 0 Å². The molecular weight excluding hydrogens is 443 g/mol. The molecule has 0 aromatic carbocycles. The predicted molar refractivity (Wildman–Crippen MR) is 109 cm³/mol. The fraction of sp³-hybridized carbons (Fsp3) is 0.842. The van der Waals surface area contributed by atoms with Gasteiger partial charge in [-0.3, -0.25) is 0 Å². The maximum absolute atomic E-state index is 12.1. The van der Waals surface area contributed by atoms with Gasteiger partial charge in [-0.25, -0.2) is 0 Å². The molecule has 1 atom stereocenters. The molecule has 0 fully saturated rings. The van der Waals surface area contributed by atoms with E-state index in [9.17, 15) is 13.2 Å². The second-order valence-electron chi connectivity index (χ2n) is 7.24. The monoisotopic (exact) mass is 482 g/mol. The molecule has 0 aliphatic rings. The maximum atomic E-state index is 12.1. The molecule has 0 aliphatic carbocycles. The van der Waals surface area contributed by atoms with Gasteiger partial charge in [0.2, 0.25) is 0 Å². The van der Waals surface area contributed by atoms with Crippen molar-refractivity contribution in [3.8, 4) is 0 Å². The van der Waals surface area contributed by atoms with E-state index in [1.165, 1.54) is 39.7 Å². The molecular formula is C19H38O4SSn. The summed E-state index contributed by atoms with van der Waals surface area (Å²) in [5, 5.41) is -1.09. The molecule has 0 saturated heterocycles. The van der Waals surface area contributed by atoms with Gasteiger partial charge >= 0.3 is 160 Å². The van der Waals surface area contributed by atoms with Crippen molar-refractivity contribution in [1.29, 1.82) is 0 Å². The van der Waals surface area contributed by atoms with Crippen molar-refractivity contribution in [2.45, 2.75) is 84.3 Å². The van der Waals surface area contributed by atoms with E-state index in [4.69, 9.17) is 4.74 Å². The van der Waals surface area contributed by atoms with Gasteiger partial charge in [0.25, 0.3) is 0 Å². The average Bonchev–Trinajstić information content (AvgIpc) is 2.57. The Morgan fingerprint density at radius 3 is 1.68 bits per heavy atom. The van der Waals surface area contributed by atoms with Crippen LogP contribution in [0.1, 0.15) is 65.7 Å². The van der Waals surface area contributed by atoms with Crippen molar-refractivity contribution in [2.75, 3.05) is 13.4 Å². The van der Waals surface area contributed by atoms with Gasteiger partial charge in [0.05, 0.1) is 0 Å². The first kappa shape index (κ1) is 25.0. The fourth-order valence-electron chi connectivity index (χ4n) is 3.43. The van der Waals surface area contributed by atoms with Gasteiger partial charge in [-0.15, -0.1) is 0 Å². The molecule has 0 bridgehead atoms. The SMILES string of the molecule is C=[C](CC(C(=O)OC)S(C)(=O)=O)[Sn]([CH2]CCC)([CH2]CCC)[CH2]CCC. The van der Waals surface area contributed by atoms with E-state index in [1.807, 2.05) is 0 Å². The molecule has 0 spiro atoms. The number of rotatable bonds is 14. The number of esters is 1. The van der Waals surface area contributed by atoms with Crippen LogP contribution in [0.4, 0.5) is 0 Å². The Morgan fingerprint density at radius 2 is 1.40 bits per heavy atom. The Hall–Kier alpha value is -0.0413. The van der Waals surface area contributed by atoms with E-state index in [0.717, 1.165) is 29.1 Å². The van der Waals surface area contributed by atoms with Crippen LogP contribution in [-0.4, -0.2) is 51.4 Å². The summed E-state index contributed by atoms with van der Waals surface area (Å²) in [6.07, 6.45) is 8.39. The normalized spacial score (nSPS) is 13.5. The quantitative estimate of drug-likeness (QED) is 0.262. The molecule has 0 rings (SSSR count). The molecule has 148 valence electrons. The predicted octanol–water partition coefficient (Wildman–Crippen LogP) is 4.91. The van der Waals surface area contributed by atoms with Gasteiger partial charge in [0, 0.05) is 0 Å². The summed E-state index contributed by atoms with van der Waals surface area (Å²) >= 11 is -2.73. The number of hydrogen-bond acceptors (Lipinski definition) is 4. The van der Waals surface area contributed by atoms with Crippen molar-refractivity contribution in [2.24, 2.45) is 0 Å². The molecule has 0 radical (unpaired) electrons. The molecule has 0 amide bonds. The van der Waals surface area contributed by atoms with Gasteiger partial charge in [-0.05, 0) is 0 Å². The third-order valence-electron chi connectivity index (χ3n) is 5.19. The summed E-state index contributed by atoms with van der Waals surface area (Å²) in [4.78, 5) is 12.0. The molecule has 0 N–H and O–H groups in total. The van der Waals surface area contributed by atoms with E-state index in [0.29, 0.717) is 0 Å². The minimum absolute atomic E-state index is 0.263. The van der Waals surface area contributed by atoms with E-state index in [1.54, 1.807) is 0 Å². The van der Waals surface area contributed by atoms with E-state index in [-0.39, 0.29) is 6.42 Å². The summed E-state index contributed by atoms with van der Waals surface area (Å²) in [5.41, 5.74) is 0. The first-order valence-electron chi connectivity index (χ1n) is 9.63. The first-order valence-corrected chi connectivity index (χ1v) is 19.1. The zero-order chi connectivity index (χ0) is 19.5. The molecule has 0 heterocycles. The summed E-state index contributed by atoms with van der Waals surface area (Å²) in [6, 6.07) is 0. The summed E-state index contributed by atoms with van der Waals surface area (Å²) in [6.45, 7) is 11.0. The second-order valence-corrected chi connectivity index (χ2v) is 23.1. The zero-order valence-corrected chi connectivity index (χ0v) is 20.6. The Labute approximate surface area is 159 Å². The molecule has 0 saturated carbocycles. The van der Waals surface area contributed by atoms with Crippen molar-refractivity contribution in [1.82, 2.24) is 0 Å². The number of carbonyl (C=O) groups excluding carboxylic acids is 1. The Balaban J connectivity index is 5.62. The second kappa shape index (κ2) is 12.4. The molecule has 0 aromatic heterocycles. The number of methoxy groups -OCH3 is 1. The zero-order valence-electron chi connectivity index (χ0n) is 16.9. The minimum atomic E-state index is -3.49.